The third kappa shape index (κ3) is 32.8. The first kappa shape index (κ1) is 29.4. The Balaban J connectivity index is 0. The van der Waals surface area contributed by atoms with Crippen LogP contribution in [-0.2, 0) is 4.79 Å². The van der Waals surface area contributed by atoms with Crippen molar-refractivity contribution in [3.8, 4) is 0 Å². The summed E-state index contributed by atoms with van der Waals surface area (Å²) >= 11 is 0. The summed E-state index contributed by atoms with van der Waals surface area (Å²) in [4.78, 5) is 10.3. The van der Waals surface area contributed by atoms with Gasteiger partial charge < -0.3 is 5.11 Å². The van der Waals surface area contributed by atoms with Gasteiger partial charge in [-0.1, -0.05) is 117 Å². The predicted molar refractivity (Wildman–Crippen MR) is 126 cm³/mol. The maximum absolute atomic E-state index is 10.3. The minimum Gasteiger partial charge on any atom is -0.481 e. The van der Waals surface area contributed by atoms with Gasteiger partial charge in [-0.25, -0.2) is 0 Å². The maximum Gasteiger partial charge on any atom is 0.303 e. The Morgan fingerprint density at radius 1 is 0.679 bits per heavy atom. The molecule has 0 unspecified atom stereocenters. The van der Waals surface area contributed by atoms with Crippen LogP contribution in [0.4, 0.5) is 0 Å². The van der Waals surface area contributed by atoms with Gasteiger partial charge >= 0.3 is 5.97 Å². The first-order valence-electron chi connectivity index (χ1n) is 12.4. The molecule has 1 N–H and O–H groups in total. The Morgan fingerprint density at radius 2 is 1.11 bits per heavy atom. The molecule has 0 radical (unpaired) electrons. The van der Waals surface area contributed by atoms with E-state index < -0.39 is 5.97 Å². The zero-order chi connectivity index (χ0) is 21.3. The van der Waals surface area contributed by atoms with Gasteiger partial charge in [-0.3, -0.25) is 4.79 Å². The third-order valence-electron chi connectivity index (χ3n) is 5.04. The third-order valence-corrected chi connectivity index (χ3v) is 5.04. The number of rotatable bonds is 19. The van der Waals surface area contributed by atoms with E-state index in [1.54, 1.807) is 0 Å². The average Bonchev–Trinajstić information content (AvgIpc) is 2.65. The van der Waals surface area contributed by atoms with Crippen LogP contribution in [0.25, 0.3) is 0 Å². The SMILES string of the molecule is CCCCCC(C)C.CCCCCCCC/C=C\CCCCCCCC(=O)O. The van der Waals surface area contributed by atoms with Crippen molar-refractivity contribution in [2.45, 2.75) is 143 Å². The first-order valence-corrected chi connectivity index (χ1v) is 12.4. The van der Waals surface area contributed by atoms with Crippen LogP contribution in [0.5, 0.6) is 0 Å². The van der Waals surface area contributed by atoms with Crippen LogP contribution in [0.2, 0.25) is 0 Å². The fourth-order valence-electron chi connectivity index (χ4n) is 3.15. The van der Waals surface area contributed by atoms with Crippen molar-refractivity contribution in [3.05, 3.63) is 12.2 Å². The molecule has 0 fully saturated rings. The summed E-state index contributed by atoms with van der Waals surface area (Å²) in [6, 6.07) is 0. The molecule has 28 heavy (non-hydrogen) atoms. The molecule has 0 heterocycles. The Morgan fingerprint density at radius 3 is 1.57 bits per heavy atom. The number of carboxylic acid groups (broad SMARTS) is 1. The Bertz CT molecular complexity index is 320. The summed E-state index contributed by atoms with van der Waals surface area (Å²) in [5, 5.41) is 8.51. The van der Waals surface area contributed by atoms with Gasteiger partial charge in [0, 0.05) is 6.42 Å². The van der Waals surface area contributed by atoms with Crippen LogP contribution in [-0.4, -0.2) is 11.1 Å². The van der Waals surface area contributed by atoms with E-state index in [9.17, 15) is 4.79 Å². The standard InChI is InChI=1S/C18H34O2.C8H18/c1-2-3-4-5-6-7-8-9-10-11-12-13-14-15-16-17-18(19)20;1-4-5-6-7-8(2)3/h9-10H,2-8,11-17H2,1H3,(H,19,20);8H,4-7H2,1-3H3/b10-9-;. The van der Waals surface area contributed by atoms with Crippen LogP contribution >= 0.6 is 0 Å². The lowest BCUT2D eigenvalue weighted by molar-refractivity contribution is -0.137. The molecule has 0 saturated heterocycles. The quantitative estimate of drug-likeness (QED) is 0.174. The van der Waals surface area contributed by atoms with E-state index in [0.717, 1.165) is 18.8 Å². The smallest absolute Gasteiger partial charge is 0.303 e. The van der Waals surface area contributed by atoms with Crippen molar-refractivity contribution in [1.29, 1.82) is 0 Å². The van der Waals surface area contributed by atoms with E-state index in [4.69, 9.17) is 5.11 Å². The van der Waals surface area contributed by atoms with Gasteiger partial charge in [-0.05, 0) is 38.0 Å². The van der Waals surface area contributed by atoms with Gasteiger partial charge in [0.25, 0.3) is 0 Å². The molecule has 0 bridgehead atoms. The number of hydrogen-bond acceptors (Lipinski definition) is 1. The van der Waals surface area contributed by atoms with Gasteiger partial charge in [0.2, 0.25) is 0 Å². The molecular formula is C26H52O2. The molecule has 0 amide bonds. The van der Waals surface area contributed by atoms with Crippen LogP contribution in [0.1, 0.15) is 143 Å². The van der Waals surface area contributed by atoms with Gasteiger partial charge in [0.05, 0.1) is 0 Å². The monoisotopic (exact) mass is 396 g/mol. The van der Waals surface area contributed by atoms with Crippen molar-refractivity contribution in [2.75, 3.05) is 0 Å². The van der Waals surface area contributed by atoms with E-state index >= 15 is 0 Å². The minimum atomic E-state index is -0.664. The van der Waals surface area contributed by atoms with Gasteiger partial charge in [-0.15, -0.1) is 0 Å². The van der Waals surface area contributed by atoms with Crippen molar-refractivity contribution in [1.82, 2.24) is 0 Å². The van der Waals surface area contributed by atoms with Crippen molar-refractivity contribution < 1.29 is 9.90 Å². The fourth-order valence-corrected chi connectivity index (χ4v) is 3.15. The highest BCUT2D eigenvalue weighted by atomic mass is 16.4. The summed E-state index contributed by atoms with van der Waals surface area (Å²) in [7, 11) is 0. The van der Waals surface area contributed by atoms with E-state index in [0.29, 0.717) is 6.42 Å². The number of hydrogen-bond donors (Lipinski definition) is 1. The minimum absolute atomic E-state index is 0.332. The van der Waals surface area contributed by atoms with Crippen LogP contribution in [0.3, 0.4) is 0 Å². The summed E-state index contributed by atoms with van der Waals surface area (Å²) in [6.45, 7) is 9.08. The highest BCUT2D eigenvalue weighted by Crippen LogP contribution is 2.10. The molecule has 0 aliphatic heterocycles. The summed E-state index contributed by atoms with van der Waals surface area (Å²) in [5.41, 5.74) is 0. The lowest BCUT2D eigenvalue weighted by atomic mass is 10.1. The normalized spacial score (nSPS) is 11.0. The molecule has 0 aliphatic rings. The number of carboxylic acids is 1. The lowest BCUT2D eigenvalue weighted by Crippen LogP contribution is -1.93. The Kier molecular flexibility index (Phi) is 27.5. The molecule has 0 aromatic carbocycles. The van der Waals surface area contributed by atoms with Crippen LogP contribution in [0.15, 0.2) is 12.2 Å². The molecule has 2 heteroatoms. The molecule has 2 nitrogen and oxygen atoms in total. The number of aliphatic carboxylic acids is 1. The van der Waals surface area contributed by atoms with E-state index in [1.165, 1.54) is 96.3 Å². The average molecular weight is 397 g/mol. The summed E-state index contributed by atoms with van der Waals surface area (Å²) < 4.78 is 0. The lowest BCUT2D eigenvalue weighted by Gasteiger charge is -2.00. The Hall–Kier alpha value is -0.790. The largest absolute Gasteiger partial charge is 0.481 e. The highest BCUT2D eigenvalue weighted by Gasteiger charge is 1.96. The molecule has 0 aliphatic carbocycles. The Labute approximate surface area is 177 Å². The maximum atomic E-state index is 10.3. The van der Waals surface area contributed by atoms with Crippen molar-refractivity contribution >= 4 is 5.97 Å². The molecule has 0 aromatic rings. The molecule has 0 rings (SSSR count). The zero-order valence-electron chi connectivity index (χ0n) is 19.8. The second kappa shape index (κ2) is 26.2. The van der Waals surface area contributed by atoms with Crippen molar-refractivity contribution in [2.24, 2.45) is 5.92 Å². The fraction of sp³-hybridized carbons (Fsp3) is 0.885. The number of allylic oxidation sites excluding steroid dienone is 2. The van der Waals surface area contributed by atoms with Gasteiger partial charge in [-0.2, -0.15) is 0 Å². The molecular weight excluding hydrogens is 344 g/mol. The molecule has 0 aromatic heterocycles. The summed E-state index contributed by atoms with van der Waals surface area (Å²) in [5.74, 6) is 0.240. The number of carbonyl (C=O) groups is 1. The van der Waals surface area contributed by atoms with Crippen molar-refractivity contribution in [3.63, 3.8) is 0 Å². The molecule has 168 valence electrons. The molecule has 0 saturated carbocycles. The molecule has 0 atom stereocenters. The second-order valence-corrected chi connectivity index (χ2v) is 8.62. The topological polar surface area (TPSA) is 37.3 Å². The van der Waals surface area contributed by atoms with Crippen LogP contribution in [0, 0.1) is 5.92 Å². The predicted octanol–water partition coefficient (Wildman–Crippen LogP) is 9.33. The number of unbranched alkanes of at least 4 members (excludes halogenated alkanes) is 13. The molecule has 0 spiro atoms. The highest BCUT2D eigenvalue weighted by molar-refractivity contribution is 5.66. The van der Waals surface area contributed by atoms with Gasteiger partial charge in [0.1, 0.15) is 0 Å². The summed E-state index contributed by atoms with van der Waals surface area (Å²) in [6.07, 6.45) is 26.8. The van der Waals surface area contributed by atoms with Crippen LogP contribution < -0.4 is 0 Å². The second-order valence-electron chi connectivity index (χ2n) is 8.62. The first-order chi connectivity index (χ1) is 13.5. The van der Waals surface area contributed by atoms with E-state index in [1.807, 2.05) is 0 Å². The van der Waals surface area contributed by atoms with E-state index in [-0.39, 0.29) is 0 Å². The zero-order valence-corrected chi connectivity index (χ0v) is 19.8. The van der Waals surface area contributed by atoms with Gasteiger partial charge in [0.15, 0.2) is 0 Å². The van der Waals surface area contributed by atoms with E-state index in [2.05, 4.69) is 39.8 Å².